The lowest BCUT2D eigenvalue weighted by Gasteiger charge is -2.35. The van der Waals surface area contributed by atoms with E-state index in [1.807, 2.05) is 6.92 Å². The average Bonchev–Trinajstić information content (AvgIpc) is 2.89. The molecule has 0 spiro atoms. The zero-order valence-electron chi connectivity index (χ0n) is 11.7. The monoisotopic (exact) mass is 267 g/mol. The Morgan fingerprint density at radius 1 is 1.63 bits per heavy atom. The Morgan fingerprint density at radius 3 is 3.26 bits per heavy atom. The van der Waals surface area contributed by atoms with Crippen LogP contribution in [-0.2, 0) is 9.53 Å². The van der Waals surface area contributed by atoms with Gasteiger partial charge in [0.25, 0.3) is 0 Å². The molecule has 5 nitrogen and oxygen atoms in total. The van der Waals surface area contributed by atoms with E-state index in [1.54, 1.807) is 6.08 Å². The number of hydrogen-bond donors (Lipinski definition) is 2. The molecule has 0 radical (unpaired) electrons. The van der Waals surface area contributed by atoms with Gasteiger partial charge < -0.3 is 15.4 Å². The molecule has 2 aliphatic heterocycles. The molecule has 0 aromatic heterocycles. The second kappa shape index (κ2) is 7.03. The Kier molecular flexibility index (Phi) is 5.36. The Bertz CT molecular complexity index is 322. The van der Waals surface area contributed by atoms with Gasteiger partial charge in [0.1, 0.15) is 0 Å². The highest BCUT2D eigenvalue weighted by Gasteiger charge is 2.32. The molecule has 2 saturated heterocycles. The second-order valence-electron chi connectivity index (χ2n) is 5.41. The van der Waals surface area contributed by atoms with Crippen LogP contribution in [0.1, 0.15) is 19.8 Å². The standard InChI is InChI=1S/C14H25N3O2/c1-3-6-15-14(18)11(2)16-8-13-9-17-7-4-5-12(17)10-19-13/h3,11-13,16H,1,4-10H2,2H3,(H,15,18). The minimum Gasteiger partial charge on any atom is -0.374 e. The molecule has 2 rings (SSSR count). The minimum absolute atomic E-state index is 0.00904. The number of morpholine rings is 1. The van der Waals surface area contributed by atoms with Crippen molar-refractivity contribution in [3.63, 3.8) is 0 Å². The van der Waals surface area contributed by atoms with Crippen LogP contribution in [0.25, 0.3) is 0 Å². The van der Waals surface area contributed by atoms with Crippen molar-refractivity contribution in [2.24, 2.45) is 0 Å². The smallest absolute Gasteiger partial charge is 0.237 e. The van der Waals surface area contributed by atoms with Gasteiger partial charge in [-0.15, -0.1) is 6.58 Å². The third kappa shape index (κ3) is 4.03. The fraction of sp³-hybridized carbons (Fsp3) is 0.786. The summed E-state index contributed by atoms with van der Waals surface area (Å²) in [6.45, 7) is 9.71. The zero-order valence-corrected chi connectivity index (χ0v) is 11.7. The Morgan fingerprint density at radius 2 is 2.47 bits per heavy atom. The molecule has 0 aromatic rings. The van der Waals surface area contributed by atoms with E-state index in [2.05, 4.69) is 22.1 Å². The molecular formula is C14H25N3O2. The zero-order chi connectivity index (χ0) is 13.7. The van der Waals surface area contributed by atoms with Crippen LogP contribution in [0.2, 0.25) is 0 Å². The number of nitrogens with zero attached hydrogens (tertiary/aromatic N) is 1. The van der Waals surface area contributed by atoms with Gasteiger partial charge in [-0.05, 0) is 26.3 Å². The summed E-state index contributed by atoms with van der Waals surface area (Å²) in [7, 11) is 0. The maximum absolute atomic E-state index is 11.7. The predicted octanol–water partition coefficient (Wildman–Crippen LogP) is 0.130. The third-order valence-corrected chi connectivity index (χ3v) is 3.93. The number of nitrogens with one attached hydrogen (secondary N) is 2. The molecule has 2 fully saturated rings. The van der Waals surface area contributed by atoms with E-state index in [0.717, 1.165) is 19.7 Å². The van der Waals surface area contributed by atoms with E-state index in [4.69, 9.17) is 4.74 Å². The van der Waals surface area contributed by atoms with Crippen molar-refractivity contribution in [2.45, 2.75) is 38.0 Å². The van der Waals surface area contributed by atoms with Crippen LogP contribution in [0.15, 0.2) is 12.7 Å². The fourth-order valence-corrected chi connectivity index (χ4v) is 2.74. The Hall–Kier alpha value is -0.910. The largest absolute Gasteiger partial charge is 0.374 e. The summed E-state index contributed by atoms with van der Waals surface area (Å²) < 4.78 is 5.85. The minimum atomic E-state index is -0.195. The van der Waals surface area contributed by atoms with Crippen LogP contribution in [0.4, 0.5) is 0 Å². The highest BCUT2D eigenvalue weighted by molar-refractivity contribution is 5.81. The summed E-state index contributed by atoms with van der Waals surface area (Å²) >= 11 is 0. The lowest BCUT2D eigenvalue weighted by molar-refractivity contribution is -0.122. The molecule has 1 amide bonds. The van der Waals surface area contributed by atoms with E-state index < -0.39 is 0 Å². The first-order valence-corrected chi connectivity index (χ1v) is 7.18. The second-order valence-corrected chi connectivity index (χ2v) is 5.41. The maximum Gasteiger partial charge on any atom is 0.237 e. The van der Waals surface area contributed by atoms with Crippen LogP contribution < -0.4 is 10.6 Å². The van der Waals surface area contributed by atoms with E-state index in [9.17, 15) is 4.79 Å². The van der Waals surface area contributed by atoms with E-state index in [-0.39, 0.29) is 18.1 Å². The maximum atomic E-state index is 11.7. The van der Waals surface area contributed by atoms with Crippen molar-refractivity contribution in [1.82, 2.24) is 15.5 Å². The lowest BCUT2D eigenvalue weighted by atomic mass is 10.2. The van der Waals surface area contributed by atoms with E-state index in [1.165, 1.54) is 19.4 Å². The summed E-state index contributed by atoms with van der Waals surface area (Å²) in [6, 6.07) is 0.435. The summed E-state index contributed by atoms with van der Waals surface area (Å²) in [5.74, 6) is 0.00904. The average molecular weight is 267 g/mol. The molecule has 108 valence electrons. The predicted molar refractivity (Wildman–Crippen MR) is 75.0 cm³/mol. The van der Waals surface area contributed by atoms with Gasteiger partial charge in [0.2, 0.25) is 5.91 Å². The molecule has 5 heteroatoms. The molecule has 0 aliphatic carbocycles. The van der Waals surface area contributed by atoms with Crippen molar-refractivity contribution in [3.05, 3.63) is 12.7 Å². The Labute approximate surface area is 115 Å². The van der Waals surface area contributed by atoms with Crippen LogP contribution in [0.3, 0.4) is 0 Å². The molecule has 0 bridgehead atoms. The van der Waals surface area contributed by atoms with Gasteiger partial charge >= 0.3 is 0 Å². The fourth-order valence-electron chi connectivity index (χ4n) is 2.74. The number of carbonyl (C=O) groups is 1. The highest BCUT2D eigenvalue weighted by Crippen LogP contribution is 2.22. The molecule has 3 atom stereocenters. The number of amides is 1. The number of ether oxygens (including phenoxy) is 1. The molecule has 0 aromatic carbocycles. The van der Waals surface area contributed by atoms with E-state index in [0.29, 0.717) is 12.6 Å². The molecular weight excluding hydrogens is 242 g/mol. The number of carbonyl (C=O) groups excluding carboxylic acids is 1. The highest BCUT2D eigenvalue weighted by atomic mass is 16.5. The van der Waals surface area contributed by atoms with Crippen molar-refractivity contribution in [1.29, 1.82) is 0 Å². The van der Waals surface area contributed by atoms with E-state index >= 15 is 0 Å². The normalized spacial score (nSPS) is 28.7. The molecule has 2 N–H and O–H groups in total. The summed E-state index contributed by atoms with van der Waals surface area (Å²) in [4.78, 5) is 14.2. The molecule has 3 unspecified atom stereocenters. The van der Waals surface area contributed by atoms with Crippen molar-refractivity contribution >= 4 is 5.91 Å². The number of rotatable bonds is 6. The molecule has 0 saturated carbocycles. The third-order valence-electron chi connectivity index (χ3n) is 3.93. The summed E-state index contributed by atoms with van der Waals surface area (Å²) in [5.41, 5.74) is 0. The summed E-state index contributed by atoms with van der Waals surface area (Å²) in [6.07, 6.45) is 4.43. The topological polar surface area (TPSA) is 53.6 Å². The first-order chi connectivity index (χ1) is 9.20. The van der Waals surface area contributed by atoms with Gasteiger partial charge in [-0.25, -0.2) is 0 Å². The van der Waals surface area contributed by atoms with Gasteiger partial charge in [0, 0.05) is 25.7 Å². The van der Waals surface area contributed by atoms with Gasteiger partial charge in [-0.2, -0.15) is 0 Å². The lowest BCUT2D eigenvalue weighted by Crippen LogP contribution is -2.52. The first kappa shape index (κ1) is 14.5. The van der Waals surface area contributed by atoms with Gasteiger partial charge in [-0.3, -0.25) is 9.69 Å². The first-order valence-electron chi connectivity index (χ1n) is 7.18. The SMILES string of the molecule is C=CCNC(=O)C(C)NCC1CN2CCCC2CO1. The Balaban J connectivity index is 1.67. The van der Waals surface area contributed by atoms with Crippen molar-refractivity contribution < 1.29 is 9.53 Å². The van der Waals surface area contributed by atoms with Crippen LogP contribution >= 0.6 is 0 Å². The summed E-state index contributed by atoms with van der Waals surface area (Å²) in [5, 5.41) is 6.03. The van der Waals surface area contributed by atoms with Crippen LogP contribution in [0.5, 0.6) is 0 Å². The van der Waals surface area contributed by atoms with Crippen molar-refractivity contribution in [3.8, 4) is 0 Å². The van der Waals surface area contributed by atoms with Gasteiger partial charge in [0.05, 0.1) is 18.8 Å². The van der Waals surface area contributed by atoms with Gasteiger partial charge in [-0.1, -0.05) is 6.08 Å². The van der Waals surface area contributed by atoms with Crippen LogP contribution in [-0.4, -0.2) is 61.8 Å². The molecule has 19 heavy (non-hydrogen) atoms. The van der Waals surface area contributed by atoms with Crippen LogP contribution in [0, 0.1) is 0 Å². The molecule has 2 heterocycles. The van der Waals surface area contributed by atoms with Gasteiger partial charge in [0.15, 0.2) is 0 Å². The number of hydrogen-bond acceptors (Lipinski definition) is 4. The number of fused-ring (bicyclic) bond motifs is 1. The molecule has 2 aliphatic rings. The quantitative estimate of drug-likeness (QED) is 0.672. The van der Waals surface area contributed by atoms with Crippen molar-refractivity contribution in [2.75, 3.05) is 32.8 Å².